The summed E-state index contributed by atoms with van der Waals surface area (Å²) in [5, 5.41) is 0. The number of epoxide rings is 1. The Morgan fingerprint density at radius 3 is 1.95 bits per heavy atom. The Labute approximate surface area is 125 Å². The van der Waals surface area contributed by atoms with Gasteiger partial charge in [-0.15, -0.1) is 0 Å². The Morgan fingerprint density at radius 1 is 0.909 bits per heavy atom. The van der Waals surface area contributed by atoms with Crippen LogP contribution in [0.5, 0.6) is 23.0 Å². The van der Waals surface area contributed by atoms with Crippen LogP contribution in [0.2, 0.25) is 0 Å². The molecular weight excluding hydrogens is 292 g/mol. The van der Waals surface area contributed by atoms with Crippen molar-refractivity contribution in [1.29, 1.82) is 0 Å². The number of hydrogen-bond acceptors (Lipinski definition) is 7. The molecule has 116 valence electrons. The van der Waals surface area contributed by atoms with Gasteiger partial charge in [-0.3, -0.25) is 0 Å². The fourth-order valence-electron chi connectivity index (χ4n) is 4.65. The molecule has 1 aromatic rings. The number of rotatable bonds is 2. The van der Waals surface area contributed by atoms with Crippen molar-refractivity contribution in [2.24, 2.45) is 0 Å². The maximum Gasteiger partial charge on any atom is 0.231 e. The van der Waals surface area contributed by atoms with Crippen molar-refractivity contribution in [1.82, 2.24) is 0 Å². The van der Waals surface area contributed by atoms with E-state index in [1.165, 1.54) is 0 Å². The Morgan fingerprint density at radius 2 is 1.45 bits per heavy atom. The molecular formula is C15H14O7. The fraction of sp³-hybridized carbons (Fsp3) is 0.600. The lowest BCUT2D eigenvalue weighted by Crippen LogP contribution is -2.30. The second-order valence-corrected chi connectivity index (χ2v) is 6.23. The highest BCUT2D eigenvalue weighted by Crippen LogP contribution is 2.79. The molecule has 0 saturated carbocycles. The molecule has 0 spiro atoms. The van der Waals surface area contributed by atoms with Crippen molar-refractivity contribution in [2.45, 2.75) is 23.4 Å². The molecule has 5 aliphatic rings. The summed E-state index contributed by atoms with van der Waals surface area (Å²) < 4.78 is 40.5. The first-order valence-corrected chi connectivity index (χ1v) is 7.28. The van der Waals surface area contributed by atoms with Crippen molar-refractivity contribution in [3.05, 3.63) is 11.1 Å². The molecule has 6 rings (SSSR count). The Bertz CT molecular complexity index is 674. The molecule has 1 aromatic carbocycles. The first-order chi connectivity index (χ1) is 10.8. The van der Waals surface area contributed by atoms with Crippen molar-refractivity contribution in [3.8, 4) is 23.0 Å². The van der Waals surface area contributed by atoms with E-state index in [-0.39, 0.29) is 30.2 Å². The van der Waals surface area contributed by atoms with E-state index in [2.05, 4.69) is 0 Å². The molecule has 0 aliphatic carbocycles. The van der Waals surface area contributed by atoms with Crippen LogP contribution in [-0.4, -0.2) is 45.4 Å². The average molecular weight is 306 g/mol. The number of hydrogen-bond donors (Lipinski definition) is 0. The second-order valence-electron chi connectivity index (χ2n) is 6.23. The molecule has 22 heavy (non-hydrogen) atoms. The quantitative estimate of drug-likeness (QED) is 0.758. The summed E-state index contributed by atoms with van der Waals surface area (Å²) in [4.78, 5) is 0. The summed E-state index contributed by atoms with van der Waals surface area (Å²) in [6.45, 7) is 1.26. The van der Waals surface area contributed by atoms with Crippen LogP contribution in [0.25, 0.3) is 0 Å². The molecule has 7 heteroatoms. The lowest BCUT2D eigenvalue weighted by molar-refractivity contribution is -0.104. The van der Waals surface area contributed by atoms with E-state index in [9.17, 15) is 0 Å². The summed E-state index contributed by atoms with van der Waals surface area (Å²) in [7, 11) is 3.25. The van der Waals surface area contributed by atoms with E-state index in [1.54, 1.807) is 14.2 Å². The number of benzene rings is 1. The van der Waals surface area contributed by atoms with Crippen LogP contribution in [0.15, 0.2) is 0 Å². The zero-order valence-electron chi connectivity index (χ0n) is 12.1. The Hall–Kier alpha value is -1.70. The maximum atomic E-state index is 6.24. The zero-order valence-corrected chi connectivity index (χ0v) is 12.1. The fourth-order valence-corrected chi connectivity index (χ4v) is 4.65. The summed E-state index contributed by atoms with van der Waals surface area (Å²) in [5.41, 5.74) is 1.15. The van der Waals surface area contributed by atoms with E-state index in [1.807, 2.05) is 0 Å². The third kappa shape index (κ3) is 0.917. The van der Waals surface area contributed by atoms with Crippen LogP contribution in [0.3, 0.4) is 0 Å². The summed E-state index contributed by atoms with van der Waals surface area (Å²) >= 11 is 0. The molecule has 2 bridgehead atoms. The highest BCUT2D eigenvalue weighted by atomic mass is 16.8. The second kappa shape index (κ2) is 3.29. The van der Waals surface area contributed by atoms with E-state index >= 15 is 0 Å². The summed E-state index contributed by atoms with van der Waals surface area (Å²) in [5.74, 6) is 2.47. The SMILES string of the molecule is COc1c2c(c(OC)c3c1[C@H]1O[C@@H]3[C@@]34COC[C@@]13O4)OCO2. The van der Waals surface area contributed by atoms with Crippen LogP contribution in [0, 0.1) is 0 Å². The molecule has 0 N–H and O–H groups in total. The molecule has 4 atom stereocenters. The van der Waals surface area contributed by atoms with E-state index in [0.29, 0.717) is 36.2 Å². The van der Waals surface area contributed by atoms with Gasteiger partial charge in [0.15, 0.2) is 22.7 Å². The van der Waals surface area contributed by atoms with Gasteiger partial charge in [-0.05, 0) is 0 Å². The average Bonchev–Trinajstić information content (AvgIpc) is 3.00. The van der Waals surface area contributed by atoms with Crippen LogP contribution < -0.4 is 18.9 Å². The minimum atomic E-state index is -0.378. The largest absolute Gasteiger partial charge is 0.492 e. The molecule has 5 heterocycles. The normalized spacial score (nSPS) is 41.2. The van der Waals surface area contributed by atoms with Gasteiger partial charge < -0.3 is 33.2 Å². The number of methoxy groups -OCH3 is 2. The Kier molecular flexibility index (Phi) is 1.77. The highest BCUT2D eigenvalue weighted by Gasteiger charge is 2.89. The van der Waals surface area contributed by atoms with Gasteiger partial charge in [0.05, 0.1) is 27.4 Å². The Balaban J connectivity index is 1.68. The zero-order chi connectivity index (χ0) is 14.7. The lowest BCUT2D eigenvalue weighted by atomic mass is 9.77. The number of fused-ring (bicyclic) bond motifs is 6. The maximum absolute atomic E-state index is 6.24. The first-order valence-electron chi connectivity index (χ1n) is 7.28. The topological polar surface area (TPSA) is 67.9 Å². The van der Waals surface area contributed by atoms with Crippen molar-refractivity contribution in [2.75, 3.05) is 34.2 Å². The van der Waals surface area contributed by atoms with E-state index in [0.717, 1.165) is 11.1 Å². The highest BCUT2D eigenvalue weighted by molar-refractivity contribution is 5.73. The molecule has 3 saturated heterocycles. The lowest BCUT2D eigenvalue weighted by Gasteiger charge is -2.22. The van der Waals surface area contributed by atoms with Gasteiger partial charge >= 0.3 is 0 Å². The van der Waals surface area contributed by atoms with Crippen LogP contribution in [0.1, 0.15) is 23.3 Å². The smallest absolute Gasteiger partial charge is 0.231 e. The van der Waals surface area contributed by atoms with Gasteiger partial charge in [0.2, 0.25) is 18.3 Å². The molecule has 0 radical (unpaired) electrons. The molecule has 7 nitrogen and oxygen atoms in total. The first kappa shape index (κ1) is 11.8. The van der Waals surface area contributed by atoms with Gasteiger partial charge in [-0.1, -0.05) is 0 Å². The van der Waals surface area contributed by atoms with Gasteiger partial charge in [-0.2, -0.15) is 0 Å². The summed E-state index contributed by atoms with van der Waals surface area (Å²) in [6, 6.07) is 0. The molecule has 5 aliphatic heterocycles. The minimum Gasteiger partial charge on any atom is -0.492 e. The number of ether oxygens (including phenoxy) is 7. The van der Waals surface area contributed by atoms with Gasteiger partial charge in [0.1, 0.15) is 12.2 Å². The molecule has 0 amide bonds. The molecule has 0 aromatic heterocycles. The van der Waals surface area contributed by atoms with Gasteiger partial charge in [0, 0.05) is 11.1 Å². The standard InChI is InChI=1S/C15H14O7/c1-16-8-6-7(9(17-2)11-10(8)19-5-20-11)13-15-4-18-3-14(15,22-15)12(6)21-13/h12-13H,3-5H2,1-2H3/t12-,13+,14-,15+. The van der Waals surface area contributed by atoms with Crippen molar-refractivity contribution >= 4 is 0 Å². The van der Waals surface area contributed by atoms with E-state index < -0.39 is 0 Å². The predicted octanol–water partition coefficient (Wildman–Crippen LogP) is 1.10. The van der Waals surface area contributed by atoms with Gasteiger partial charge in [-0.25, -0.2) is 0 Å². The van der Waals surface area contributed by atoms with Crippen LogP contribution in [-0.2, 0) is 14.2 Å². The van der Waals surface area contributed by atoms with Crippen molar-refractivity contribution in [3.63, 3.8) is 0 Å². The third-order valence-corrected chi connectivity index (χ3v) is 5.53. The van der Waals surface area contributed by atoms with Crippen LogP contribution in [0.4, 0.5) is 0 Å². The minimum absolute atomic E-state index is 0.164. The third-order valence-electron chi connectivity index (χ3n) is 5.53. The molecule has 3 fully saturated rings. The van der Waals surface area contributed by atoms with E-state index in [4.69, 9.17) is 33.2 Å². The van der Waals surface area contributed by atoms with Crippen LogP contribution >= 0.6 is 0 Å². The predicted molar refractivity (Wildman–Crippen MR) is 69.6 cm³/mol. The van der Waals surface area contributed by atoms with Crippen molar-refractivity contribution < 1.29 is 33.2 Å². The molecule has 0 unspecified atom stereocenters. The summed E-state index contributed by atoms with van der Waals surface area (Å²) in [6.07, 6.45) is -0.429. The monoisotopic (exact) mass is 306 g/mol. The van der Waals surface area contributed by atoms with Gasteiger partial charge in [0.25, 0.3) is 0 Å².